The number of carboxylic acid groups (broad SMARTS) is 1. The number of carbonyl (C=O) groups excluding carboxylic acids is 5. The predicted octanol–water partition coefficient (Wildman–Crippen LogP) is -2.40. The van der Waals surface area contributed by atoms with E-state index in [1.54, 1.807) is 36.6 Å². The number of hydrogen-bond donors (Lipinski definition) is 7. The monoisotopic (exact) mass is 524 g/mol. The molecule has 0 saturated heterocycles. The van der Waals surface area contributed by atoms with Gasteiger partial charge in [0.05, 0.1) is 18.9 Å². The molecule has 36 heavy (non-hydrogen) atoms. The first-order valence-electron chi connectivity index (χ1n) is 10.9. The highest BCUT2D eigenvalue weighted by atomic mass is 32.2. The van der Waals surface area contributed by atoms with E-state index in [1.165, 1.54) is 11.8 Å². The van der Waals surface area contributed by atoms with Gasteiger partial charge in [0.1, 0.15) is 18.1 Å². The zero-order valence-corrected chi connectivity index (χ0v) is 20.6. The van der Waals surface area contributed by atoms with E-state index in [2.05, 4.69) is 16.0 Å². The van der Waals surface area contributed by atoms with E-state index in [0.717, 1.165) is 0 Å². The van der Waals surface area contributed by atoms with Crippen LogP contribution in [0.15, 0.2) is 30.3 Å². The van der Waals surface area contributed by atoms with E-state index in [1.807, 2.05) is 0 Å². The quantitative estimate of drug-likeness (QED) is 0.122. The maximum atomic E-state index is 12.9. The summed E-state index contributed by atoms with van der Waals surface area (Å²) in [5.41, 5.74) is 16.5. The van der Waals surface area contributed by atoms with Gasteiger partial charge in [-0.1, -0.05) is 30.3 Å². The van der Waals surface area contributed by atoms with Gasteiger partial charge in [-0.25, -0.2) is 4.79 Å². The molecular weight excluding hydrogens is 492 g/mol. The maximum absolute atomic E-state index is 12.9. The van der Waals surface area contributed by atoms with Crippen LogP contribution >= 0.6 is 11.8 Å². The summed E-state index contributed by atoms with van der Waals surface area (Å²) in [6.45, 7) is 0. The molecule has 0 aromatic heterocycles. The molecule has 0 aliphatic carbocycles. The van der Waals surface area contributed by atoms with E-state index >= 15 is 0 Å². The molecule has 0 spiro atoms. The fraction of sp³-hybridized carbons (Fsp3) is 0.455. The van der Waals surface area contributed by atoms with Crippen LogP contribution in [-0.2, 0) is 35.2 Å². The molecular formula is C22H32N6O7S. The Morgan fingerprint density at radius 1 is 0.833 bits per heavy atom. The predicted molar refractivity (Wildman–Crippen MR) is 132 cm³/mol. The number of benzene rings is 1. The van der Waals surface area contributed by atoms with Gasteiger partial charge in [0, 0.05) is 6.42 Å². The van der Waals surface area contributed by atoms with Crippen LogP contribution in [0.5, 0.6) is 0 Å². The lowest BCUT2D eigenvalue weighted by molar-refractivity contribution is -0.142. The van der Waals surface area contributed by atoms with Gasteiger partial charge in [-0.2, -0.15) is 11.8 Å². The van der Waals surface area contributed by atoms with Crippen LogP contribution in [0.2, 0.25) is 0 Å². The molecule has 0 aliphatic heterocycles. The fourth-order valence-electron chi connectivity index (χ4n) is 3.10. The summed E-state index contributed by atoms with van der Waals surface area (Å²) in [7, 11) is 0. The summed E-state index contributed by atoms with van der Waals surface area (Å²) in [5.74, 6) is -5.16. The van der Waals surface area contributed by atoms with Crippen LogP contribution in [0, 0.1) is 0 Å². The van der Waals surface area contributed by atoms with Crippen LogP contribution in [0.1, 0.15) is 24.8 Å². The van der Waals surface area contributed by atoms with E-state index in [-0.39, 0.29) is 12.8 Å². The molecule has 0 heterocycles. The van der Waals surface area contributed by atoms with Crippen molar-refractivity contribution < 1.29 is 33.9 Å². The first-order chi connectivity index (χ1) is 16.9. The average Bonchev–Trinajstić information content (AvgIpc) is 2.80. The molecule has 0 fully saturated rings. The average molecular weight is 525 g/mol. The second-order valence-corrected chi connectivity index (χ2v) is 8.93. The highest BCUT2D eigenvalue weighted by Crippen LogP contribution is 2.06. The van der Waals surface area contributed by atoms with Gasteiger partial charge in [-0.05, 0) is 24.0 Å². The van der Waals surface area contributed by atoms with Crippen molar-refractivity contribution in [2.45, 2.75) is 49.9 Å². The van der Waals surface area contributed by atoms with Crippen molar-refractivity contribution in [1.29, 1.82) is 0 Å². The first-order valence-corrected chi connectivity index (χ1v) is 12.3. The SMILES string of the molecule is CSCCC(NC(=O)C(N)CC(N)=O)C(=O)NC(CC(N)=O)C(=O)NC(Cc1ccccc1)C(=O)O. The number of carbonyl (C=O) groups is 6. The highest BCUT2D eigenvalue weighted by Gasteiger charge is 2.31. The van der Waals surface area contributed by atoms with Crippen molar-refractivity contribution in [3.05, 3.63) is 35.9 Å². The third kappa shape index (κ3) is 11.2. The van der Waals surface area contributed by atoms with E-state index in [4.69, 9.17) is 17.2 Å². The third-order valence-electron chi connectivity index (χ3n) is 4.94. The molecule has 14 heteroatoms. The van der Waals surface area contributed by atoms with Crippen molar-refractivity contribution in [2.24, 2.45) is 17.2 Å². The van der Waals surface area contributed by atoms with Crippen molar-refractivity contribution in [3.63, 3.8) is 0 Å². The Balaban J connectivity index is 2.99. The molecule has 0 bridgehead atoms. The minimum Gasteiger partial charge on any atom is -0.480 e. The Hall–Kier alpha value is -3.65. The molecule has 0 radical (unpaired) electrons. The molecule has 1 aromatic carbocycles. The van der Waals surface area contributed by atoms with Crippen LogP contribution in [-0.4, -0.2) is 76.8 Å². The second-order valence-electron chi connectivity index (χ2n) is 7.94. The van der Waals surface area contributed by atoms with Crippen LogP contribution in [0.25, 0.3) is 0 Å². The lowest BCUT2D eigenvalue weighted by Crippen LogP contribution is -2.58. The minimum atomic E-state index is -1.50. The number of thioether (sulfide) groups is 1. The number of primary amides is 2. The first kappa shape index (κ1) is 30.4. The van der Waals surface area contributed by atoms with Gasteiger partial charge in [0.25, 0.3) is 0 Å². The Morgan fingerprint density at radius 2 is 1.36 bits per heavy atom. The van der Waals surface area contributed by atoms with Gasteiger partial charge in [-0.3, -0.25) is 24.0 Å². The van der Waals surface area contributed by atoms with Crippen molar-refractivity contribution in [2.75, 3.05) is 12.0 Å². The van der Waals surface area contributed by atoms with Crippen LogP contribution in [0.3, 0.4) is 0 Å². The summed E-state index contributed by atoms with van der Waals surface area (Å²) in [6.07, 6.45) is 0.826. The van der Waals surface area contributed by atoms with Crippen molar-refractivity contribution >= 4 is 47.3 Å². The summed E-state index contributed by atoms with van der Waals surface area (Å²) < 4.78 is 0. The number of carboxylic acids is 1. The van der Waals surface area contributed by atoms with Gasteiger partial charge < -0.3 is 38.3 Å². The normalized spacial score (nSPS) is 13.9. The molecule has 0 aliphatic rings. The summed E-state index contributed by atoms with van der Waals surface area (Å²) in [6, 6.07) is 3.27. The standard InChI is InChI=1S/C22H32N6O7S/c1-36-8-7-14(26-19(31)13(23)10-17(24)29)20(32)27-15(11-18(25)30)21(33)28-16(22(34)35)9-12-5-3-2-4-6-12/h2-6,13-16H,7-11,23H2,1H3,(H2,24,29)(H2,25,30)(H,26,31)(H,27,32)(H,28,33)(H,34,35). The largest absolute Gasteiger partial charge is 0.480 e. The fourth-order valence-corrected chi connectivity index (χ4v) is 3.57. The smallest absolute Gasteiger partial charge is 0.326 e. The van der Waals surface area contributed by atoms with E-state index in [0.29, 0.717) is 11.3 Å². The van der Waals surface area contributed by atoms with Gasteiger partial charge >= 0.3 is 5.97 Å². The zero-order chi connectivity index (χ0) is 27.3. The molecule has 198 valence electrons. The molecule has 0 saturated carbocycles. The van der Waals surface area contributed by atoms with Gasteiger partial charge in [-0.15, -0.1) is 0 Å². The number of amides is 5. The molecule has 1 aromatic rings. The topological polar surface area (TPSA) is 237 Å². The Bertz CT molecular complexity index is 946. The highest BCUT2D eigenvalue weighted by molar-refractivity contribution is 7.98. The molecule has 5 amide bonds. The number of hydrogen-bond acceptors (Lipinski definition) is 8. The van der Waals surface area contributed by atoms with E-state index in [9.17, 15) is 33.9 Å². The van der Waals surface area contributed by atoms with Crippen LogP contribution in [0.4, 0.5) is 0 Å². The molecule has 4 atom stereocenters. The Kier molecular flexibility index (Phi) is 13.0. The summed E-state index contributed by atoms with van der Waals surface area (Å²) >= 11 is 1.39. The number of rotatable bonds is 16. The number of aliphatic carboxylic acids is 1. The number of nitrogens with two attached hydrogens (primary N) is 3. The zero-order valence-electron chi connectivity index (χ0n) is 19.8. The summed E-state index contributed by atoms with van der Waals surface area (Å²) in [4.78, 5) is 72.4. The Morgan fingerprint density at radius 3 is 1.89 bits per heavy atom. The van der Waals surface area contributed by atoms with Gasteiger partial charge in [0.15, 0.2) is 0 Å². The Labute approximate surface area is 212 Å². The molecule has 4 unspecified atom stereocenters. The third-order valence-corrected chi connectivity index (χ3v) is 5.58. The van der Waals surface area contributed by atoms with Crippen LogP contribution < -0.4 is 33.2 Å². The second kappa shape index (κ2) is 15.4. The number of nitrogens with one attached hydrogen (secondary N) is 3. The summed E-state index contributed by atoms with van der Waals surface area (Å²) in [5, 5.41) is 16.6. The van der Waals surface area contributed by atoms with E-state index < -0.39 is 72.5 Å². The molecule has 10 N–H and O–H groups in total. The van der Waals surface area contributed by atoms with Crippen molar-refractivity contribution in [3.8, 4) is 0 Å². The van der Waals surface area contributed by atoms with Crippen molar-refractivity contribution in [1.82, 2.24) is 16.0 Å². The molecule has 1 rings (SSSR count). The lowest BCUT2D eigenvalue weighted by Gasteiger charge is -2.24. The van der Waals surface area contributed by atoms with Gasteiger partial charge in [0.2, 0.25) is 29.5 Å². The molecule has 13 nitrogen and oxygen atoms in total. The lowest BCUT2D eigenvalue weighted by atomic mass is 10.0. The minimum absolute atomic E-state index is 0.0384. The maximum Gasteiger partial charge on any atom is 0.326 e.